The van der Waals surface area contributed by atoms with Crippen molar-refractivity contribution in [2.24, 2.45) is 0 Å². The molecule has 0 atom stereocenters. The molecule has 7 rings (SSSR count). The third-order valence-corrected chi connectivity index (χ3v) is 6.60. The largest absolute Gasteiger partial charge is 0.330 e. The molecule has 0 saturated heterocycles. The highest BCUT2D eigenvalue weighted by atomic mass is 15.1. The van der Waals surface area contributed by atoms with Gasteiger partial charge in [0.05, 0.1) is 0 Å². The molecule has 30 heavy (non-hydrogen) atoms. The first-order valence-corrected chi connectivity index (χ1v) is 10.2. The molecule has 5 aromatic carbocycles. The molecule has 5 aromatic rings. The highest BCUT2D eigenvalue weighted by molar-refractivity contribution is 6.33. The number of hydrogen-bond donors (Lipinski definition) is 0. The van der Waals surface area contributed by atoms with Gasteiger partial charge in [-0.05, 0) is 53.2 Å². The second-order valence-corrected chi connectivity index (χ2v) is 8.09. The van der Waals surface area contributed by atoms with Gasteiger partial charge in [0, 0.05) is 48.0 Å². The number of hydrogen-bond acceptors (Lipinski definition) is 2. The van der Waals surface area contributed by atoms with E-state index in [1.165, 1.54) is 64.0 Å². The van der Waals surface area contributed by atoms with Crippen molar-refractivity contribution in [3.63, 3.8) is 0 Å². The average molecular weight is 382 g/mol. The minimum absolute atomic E-state index is 1.24. The molecule has 0 spiro atoms. The van der Waals surface area contributed by atoms with Crippen LogP contribution in [0.3, 0.4) is 0 Å². The Bertz CT molecular complexity index is 1580. The Morgan fingerprint density at radius 3 is 1.00 bits per heavy atom. The van der Waals surface area contributed by atoms with Gasteiger partial charge < -0.3 is 9.80 Å². The standard InChI is InChI=1S/C28H18N2/c1-3-29-13-17-5-9-21-23-11-7-19-15-30(4-2)16-20-8-12-24(28(23)26(19)20)22-10-6-18(14-29)25(17)27(21)22/h3-16H,1-2H2. The van der Waals surface area contributed by atoms with E-state index in [1.807, 2.05) is 22.2 Å². The Kier molecular flexibility index (Phi) is 2.80. The summed E-state index contributed by atoms with van der Waals surface area (Å²) < 4.78 is 0. The summed E-state index contributed by atoms with van der Waals surface area (Å²) in [5.41, 5.74) is 0. The second-order valence-electron chi connectivity index (χ2n) is 8.09. The van der Waals surface area contributed by atoms with E-state index in [4.69, 9.17) is 0 Å². The average Bonchev–Trinajstić information content (AvgIpc) is 2.80. The van der Waals surface area contributed by atoms with Crippen LogP contribution in [-0.2, 0) is 0 Å². The van der Waals surface area contributed by atoms with Gasteiger partial charge in [-0.3, -0.25) is 0 Å². The molecule has 0 radical (unpaired) electrons. The van der Waals surface area contributed by atoms with Crippen LogP contribution >= 0.6 is 0 Å². The Morgan fingerprint density at radius 2 is 0.733 bits per heavy atom. The van der Waals surface area contributed by atoms with E-state index in [-0.39, 0.29) is 0 Å². The van der Waals surface area contributed by atoms with E-state index < -0.39 is 0 Å². The molecule has 0 amide bonds. The van der Waals surface area contributed by atoms with Crippen LogP contribution < -0.4 is 20.9 Å². The summed E-state index contributed by atoms with van der Waals surface area (Å²) >= 11 is 0. The van der Waals surface area contributed by atoms with Crippen LogP contribution in [-0.4, -0.2) is 9.80 Å². The molecule has 0 aromatic heterocycles. The zero-order valence-corrected chi connectivity index (χ0v) is 16.4. The van der Waals surface area contributed by atoms with Gasteiger partial charge in [0.15, 0.2) is 0 Å². The lowest BCUT2D eigenvalue weighted by atomic mass is 9.87. The zero-order valence-electron chi connectivity index (χ0n) is 16.4. The van der Waals surface area contributed by atoms with Crippen molar-refractivity contribution >= 4 is 67.9 Å². The molecular weight excluding hydrogens is 364 g/mol. The van der Waals surface area contributed by atoms with E-state index in [2.05, 4.69) is 86.5 Å². The van der Waals surface area contributed by atoms with Gasteiger partial charge in [-0.25, -0.2) is 0 Å². The van der Waals surface area contributed by atoms with Crippen molar-refractivity contribution in [2.75, 3.05) is 0 Å². The summed E-state index contributed by atoms with van der Waals surface area (Å²) in [4.78, 5) is 4.08. The van der Waals surface area contributed by atoms with Gasteiger partial charge in [-0.1, -0.05) is 61.7 Å². The lowest BCUT2D eigenvalue weighted by molar-refractivity contribution is 0.814. The van der Waals surface area contributed by atoms with Gasteiger partial charge in [0.25, 0.3) is 0 Å². The lowest BCUT2D eigenvalue weighted by Gasteiger charge is -2.21. The maximum atomic E-state index is 3.93. The van der Waals surface area contributed by atoms with Gasteiger partial charge >= 0.3 is 0 Å². The fourth-order valence-corrected chi connectivity index (χ4v) is 5.35. The summed E-state index contributed by atoms with van der Waals surface area (Å²) in [6, 6.07) is 18.1. The fourth-order valence-electron chi connectivity index (χ4n) is 5.35. The van der Waals surface area contributed by atoms with Crippen molar-refractivity contribution in [1.29, 1.82) is 0 Å². The van der Waals surface area contributed by atoms with Crippen LogP contribution in [0, 0.1) is 0 Å². The number of benzene rings is 5. The first kappa shape index (κ1) is 15.8. The van der Waals surface area contributed by atoms with Crippen LogP contribution in [0.4, 0.5) is 0 Å². The Balaban J connectivity index is 1.80. The van der Waals surface area contributed by atoms with Crippen molar-refractivity contribution in [2.45, 2.75) is 0 Å². The maximum absolute atomic E-state index is 3.93. The van der Waals surface area contributed by atoms with E-state index >= 15 is 0 Å². The highest BCUT2D eigenvalue weighted by Gasteiger charge is 2.17. The minimum atomic E-state index is 1.24. The molecular formula is C28H18N2. The molecule has 2 heterocycles. The third kappa shape index (κ3) is 1.79. The first-order chi connectivity index (χ1) is 14.8. The molecule has 0 bridgehead atoms. The maximum Gasteiger partial charge on any atom is 0.0161 e. The fraction of sp³-hybridized carbons (Fsp3) is 0. The molecule has 0 fully saturated rings. The molecule has 2 aliphatic heterocycles. The van der Waals surface area contributed by atoms with Crippen LogP contribution in [0.15, 0.2) is 74.1 Å². The first-order valence-electron chi connectivity index (χ1n) is 10.2. The minimum Gasteiger partial charge on any atom is -0.330 e. The Labute approximate surface area is 172 Å². The summed E-state index contributed by atoms with van der Waals surface area (Å²) in [5, 5.41) is 15.6. The van der Waals surface area contributed by atoms with Crippen molar-refractivity contribution in [3.8, 4) is 0 Å². The van der Waals surface area contributed by atoms with Crippen molar-refractivity contribution < 1.29 is 0 Å². The lowest BCUT2D eigenvalue weighted by Crippen LogP contribution is -2.25. The monoisotopic (exact) mass is 382 g/mol. The molecule has 140 valence electrons. The van der Waals surface area contributed by atoms with Crippen LogP contribution in [0.25, 0.3) is 67.9 Å². The molecule has 2 heteroatoms. The third-order valence-electron chi connectivity index (χ3n) is 6.60. The zero-order chi connectivity index (χ0) is 20.0. The predicted molar refractivity (Wildman–Crippen MR) is 128 cm³/mol. The number of fused-ring (bicyclic) bond motifs is 2. The molecule has 0 aliphatic carbocycles. The summed E-state index contributed by atoms with van der Waals surface area (Å²) in [7, 11) is 0. The van der Waals surface area contributed by atoms with E-state index in [0.717, 1.165) is 0 Å². The van der Waals surface area contributed by atoms with Crippen LogP contribution in [0.2, 0.25) is 0 Å². The van der Waals surface area contributed by atoms with Gasteiger partial charge in [-0.15, -0.1) is 0 Å². The quantitative estimate of drug-likeness (QED) is 0.340. The van der Waals surface area contributed by atoms with E-state index in [0.29, 0.717) is 0 Å². The Morgan fingerprint density at radius 1 is 0.433 bits per heavy atom. The summed E-state index contributed by atoms with van der Waals surface area (Å²) in [6.07, 6.45) is 12.3. The smallest absolute Gasteiger partial charge is 0.0161 e. The van der Waals surface area contributed by atoms with Crippen LogP contribution in [0.1, 0.15) is 0 Å². The molecule has 2 nitrogen and oxygen atoms in total. The van der Waals surface area contributed by atoms with E-state index in [1.54, 1.807) is 0 Å². The second kappa shape index (κ2) is 5.31. The van der Waals surface area contributed by atoms with E-state index in [9.17, 15) is 0 Å². The predicted octanol–water partition coefficient (Wildman–Crippen LogP) is 3.61. The van der Waals surface area contributed by atoms with Crippen molar-refractivity contribution in [3.05, 3.63) is 95.0 Å². The SMILES string of the molecule is C=CN1C=c2ccc3c4ccc5c6c(ccc(c7ccc(c2c37)=C1)c64)=CN(C=C)C=5. The molecule has 0 N–H and O–H groups in total. The van der Waals surface area contributed by atoms with Gasteiger partial charge in [-0.2, -0.15) is 0 Å². The number of nitrogens with zero attached hydrogens (tertiary/aromatic N) is 2. The van der Waals surface area contributed by atoms with Gasteiger partial charge in [0.2, 0.25) is 0 Å². The van der Waals surface area contributed by atoms with Crippen LogP contribution in [0.5, 0.6) is 0 Å². The highest BCUT2D eigenvalue weighted by Crippen LogP contribution is 2.37. The summed E-state index contributed by atoms with van der Waals surface area (Å²) in [6.45, 7) is 7.86. The van der Waals surface area contributed by atoms with Gasteiger partial charge in [0.1, 0.15) is 0 Å². The Hall–Kier alpha value is -4.04. The molecule has 2 aliphatic rings. The molecule has 0 saturated carbocycles. The molecule has 0 unspecified atom stereocenters. The van der Waals surface area contributed by atoms with Crippen molar-refractivity contribution in [1.82, 2.24) is 9.80 Å². The summed E-state index contributed by atoms with van der Waals surface area (Å²) in [5.74, 6) is 0. The normalized spacial score (nSPS) is 14.5. The number of rotatable bonds is 2. The topological polar surface area (TPSA) is 6.48 Å².